The average molecular weight is 450 g/mol. The van der Waals surface area contributed by atoms with Crippen molar-refractivity contribution in [1.82, 2.24) is 10.2 Å². The van der Waals surface area contributed by atoms with Crippen LogP contribution in [0, 0.1) is 11.6 Å². The van der Waals surface area contributed by atoms with E-state index in [-0.39, 0.29) is 5.56 Å². The smallest absolute Gasteiger partial charge is 0.324 e. The maximum atomic E-state index is 13.7. The van der Waals surface area contributed by atoms with E-state index < -0.39 is 41.6 Å². The minimum absolute atomic E-state index is 0.0732. The summed E-state index contributed by atoms with van der Waals surface area (Å²) in [5.74, 6) is -3.53. The molecule has 1 heterocycles. The van der Waals surface area contributed by atoms with Crippen LogP contribution in [0.2, 0.25) is 5.02 Å². The molecule has 0 saturated carbocycles. The van der Waals surface area contributed by atoms with Crippen molar-refractivity contribution in [2.45, 2.75) is 39.2 Å². The molecule has 31 heavy (non-hydrogen) atoms. The van der Waals surface area contributed by atoms with E-state index in [9.17, 15) is 23.2 Å². The quantitative estimate of drug-likeness (QED) is 0.650. The van der Waals surface area contributed by atoms with E-state index in [4.69, 9.17) is 11.6 Å². The molecule has 9 heteroatoms. The van der Waals surface area contributed by atoms with Crippen molar-refractivity contribution in [2.24, 2.45) is 0 Å². The van der Waals surface area contributed by atoms with Gasteiger partial charge >= 0.3 is 6.03 Å². The fourth-order valence-electron chi connectivity index (χ4n) is 3.63. The summed E-state index contributed by atoms with van der Waals surface area (Å²) >= 11 is 6.25. The third-order valence-corrected chi connectivity index (χ3v) is 5.77. The van der Waals surface area contributed by atoms with Gasteiger partial charge in [-0.3, -0.25) is 14.5 Å². The van der Waals surface area contributed by atoms with Crippen molar-refractivity contribution in [1.29, 1.82) is 0 Å². The highest BCUT2D eigenvalue weighted by Gasteiger charge is 2.49. The summed E-state index contributed by atoms with van der Waals surface area (Å²) in [6, 6.07) is 5.72. The zero-order chi connectivity index (χ0) is 22.9. The Bertz CT molecular complexity index is 1080. The van der Waals surface area contributed by atoms with Crippen molar-refractivity contribution in [3.63, 3.8) is 0 Å². The average Bonchev–Trinajstić information content (AvgIpc) is 2.94. The van der Waals surface area contributed by atoms with Gasteiger partial charge in [0.05, 0.1) is 0 Å². The Morgan fingerprint density at radius 1 is 1.13 bits per heavy atom. The topological polar surface area (TPSA) is 78.5 Å². The minimum Gasteiger partial charge on any atom is -0.324 e. The van der Waals surface area contributed by atoms with Crippen LogP contribution < -0.4 is 10.6 Å². The van der Waals surface area contributed by atoms with Gasteiger partial charge in [-0.25, -0.2) is 13.6 Å². The molecule has 0 aromatic heterocycles. The van der Waals surface area contributed by atoms with E-state index in [1.165, 1.54) is 13.0 Å². The molecule has 1 atom stereocenters. The number of carbonyl (C=O) groups is 3. The molecule has 0 aliphatic carbocycles. The molecule has 2 aromatic rings. The second kappa shape index (κ2) is 8.63. The molecule has 1 aliphatic rings. The molecule has 164 valence electrons. The van der Waals surface area contributed by atoms with Crippen molar-refractivity contribution < 1.29 is 23.2 Å². The molecule has 1 unspecified atom stereocenters. The zero-order valence-electron chi connectivity index (χ0n) is 17.3. The number of carbonyl (C=O) groups excluding carboxylic acids is 3. The molecule has 1 aliphatic heterocycles. The number of nitrogens with zero attached hydrogens (tertiary/aromatic N) is 1. The van der Waals surface area contributed by atoms with Gasteiger partial charge in [-0.05, 0) is 54.7 Å². The number of imide groups is 1. The third-order valence-electron chi connectivity index (χ3n) is 5.41. The van der Waals surface area contributed by atoms with Gasteiger partial charge in [0.2, 0.25) is 5.91 Å². The van der Waals surface area contributed by atoms with Crippen molar-refractivity contribution in [3.05, 3.63) is 63.7 Å². The van der Waals surface area contributed by atoms with E-state index in [1.54, 1.807) is 6.07 Å². The molecule has 4 amide bonds. The number of urea groups is 1. The highest BCUT2D eigenvalue weighted by Crippen LogP contribution is 2.31. The number of nitrogens with one attached hydrogen (secondary N) is 2. The summed E-state index contributed by atoms with van der Waals surface area (Å²) < 4.78 is 26.9. The fraction of sp³-hybridized carbons (Fsp3) is 0.318. The molecular weight excluding hydrogens is 428 g/mol. The molecule has 1 fully saturated rings. The van der Waals surface area contributed by atoms with Crippen LogP contribution in [-0.4, -0.2) is 29.3 Å². The number of amides is 4. The first-order chi connectivity index (χ1) is 14.6. The third kappa shape index (κ3) is 4.12. The van der Waals surface area contributed by atoms with Gasteiger partial charge in [-0.15, -0.1) is 0 Å². The molecule has 3 rings (SSSR count). The van der Waals surface area contributed by atoms with E-state index in [0.29, 0.717) is 23.6 Å². The van der Waals surface area contributed by atoms with Gasteiger partial charge in [0.1, 0.15) is 12.1 Å². The van der Waals surface area contributed by atoms with Crippen molar-refractivity contribution in [2.75, 3.05) is 11.9 Å². The van der Waals surface area contributed by atoms with E-state index >= 15 is 0 Å². The first kappa shape index (κ1) is 22.7. The van der Waals surface area contributed by atoms with E-state index in [1.807, 2.05) is 19.9 Å². The van der Waals surface area contributed by atoms with Crippen LogP contribution in [0.25, 0.3) is 0 Å². The number of aryl methyl sites for hydroxylation is 1. The molecule has 0 spiro atoms. The molecule has 2 aromatic carbocycles. The lowest BCUT2D eigenvalue weighted by Gasteiger charge is -2.22. The van der Waals surface area contributed by atoms with Crippen LogP contribution in [0.4, 0.5) is 19.3 Å². The van der Waals surface area contributed by atoms with E-state index in [2.05, 4.69) is 10.6 Å². The monoisotopic (exact) mass is 449 g/mol. The van der Waals surface area contributed by atoms with E-state index in [0.717, 1.165) is 28.2 Å². The second-order valence-electron chi connectivity index (χ2n) is 7.39. The standard InChI is InChI=1S/C22H22ClF2N3O3/c1-4-12-6-8-15(23)14(5-2)19(12)26-18(29)11-28-20(30)22(3,27-21(28)31)13-7-9-16(24)17(25)10-13/h6-10H,4-5,11H2,1-3H3,(H,26,29)(H,27,31). The number of hydrogen-bond donors (Lipinski definition) is 2. The molecule has 1 saturated heterocycles. The largest absolute Gasteiger partial charge is 0.325 e. The summed E-state index contributed by atoms with van der Waals surface area (Å²) in [6.45, 7) is 4.67. The van der Waals surface area contributed by atoms with Gasteiger partial charge in [0.15, 0.2) is 11.6 Å². The molecule has 0 bridgehead atoms. The number of anilines is 1. The van der Waals surface area contributed by atoms with Gasteiger partial charge in [-0.1, -0.05) is 37.6 Å². The summed E-state index contributed by atoms with van der Waals surface area (Å²) in [6.07, 6.45) is 1.23. The summed E-state index contributed by atoms with van der Waals surface area (Å²) in [7, 11) is 0. The SMILES string of the molecule is CCc1ccc(Cl)c(CC)c1NC(=O)CN1C(=O)NC(C)(c2ccc(F)c(F)c2)C1=O. The Labute approximate surface area is 183 Å². The molecule has 0 radical (unpaired) electrons. The van der Waals surface area contributed by atoms with Crippen LogP contribution >= 0.6 is 11.6 Å². The Hall–Kier alpha value is -3.00. The summed E-state index contributed by atoms with van der Waals surface area (Å²) in [4.78, 5) is 38.9. The lowest BCUT2D eigenvalue weighted by atomic mass is 9.92. The number of hydrogen-bond acceptors (Lipinski definition) is 3. The highest BCUT2D eigenvalue weighted by atomic mass is 35.5. The Kier molecular flexibility index (Phi) is 6.31. The maximum absolute atomic E-state index is 13.7. The van der Waals surface area contributed by atoms with Gasteiger partial charge < -0.3 is 10.6 Å². The first-order valence-corrected chi connectivity index (χ1v) is 10.2. The van der Waals surface area contributed by atoms with Crippen LogP contribution in [0.5, 0.6) is 0 Å². The summed E-state index contributed by atoms with van der Waals surface area (Å²) in [5.41, 5.74) is 0.657. The Morgan fingerprint density at radius 3 is 2.45 bits per heavy atom. The maximum Gasteiger partial charge on any atom is 0.325 e. The van der Waals surface area contributed by atoms with Gasteiger partial charge in [-0.2, -0.15) is 0 Å². The molecular formula is C22H22ClF2N3O3. The lowest BCUT2D eigenvalue weighted by molar-refractivity contribution is -0.133. The lowest BCUT2D eigenvalue weighted by Crippen LogP contribution is -2.42. The van der Waals surface area contributed by atoms with Crippen LogP contribution in [-0.2, 0) is 28.0 Å². The van der Waals surface area contributed by atoms with Gasteiger partial charge in [0.25, 0.3) is 5.91 Å². The number of halogens is 3. The Morgan fingerprint density at radius 2 is 1.84 bits per heavy atom. The predicted molar refractivity (Wildman–Crippen MR) is 113 cm³/mol. The fourth-order valence-corrected chi connectivity index (χ4v) is 3.92. The van der Waals surface area contributed by atoms with Crippen molar-refractivity contribution >= 4 is 35.1 Å². The molecule has 2 N–H and O–H groups in total. The van der Waals surface area contributed by atoms with Crippen LogP contribution in [0.3, 0.4) is 0 Å². The number of benzene rings is 2. The predicted octanol–water partition coefficient (Wildman–Crippen LogP) is 4.15. The van der Waals surface area contributed by atoms with Crippen LogP contribution in [0.15, 0.2) is 30.3 Å². The van der Waals surface area contributed by atoms with Crippen molar-refractivity contribution in [3.8, 4) is 0 Å². The van der Waals surface area contributed by atoms with Gasteiger partial charge in [0, 0.05) is 10.7 Å². The summed E-state index contributed by atoms with van der Waals surface area (Å²) in [5, 5.41) is 5.74. The normalized spacial score (nSPS) is 18.3. The molecule has 6 nitrogen and oxygen atoms in total. The Balaban J connectivity index is 1.83. The zero-order valence-corrected chi connectivity index (χ0v) is 18.1. The minimum atomic E-state index is -1.62. The second-order valence-corrected chi connectivity index (χ2v) is 7.80. The number of rotatable bonds is 6. The first-order valence-electron chi connectivity index (χ1n) is 9.82. The highest BCUT2D eigenvalue weighted by molar-refractivity contribution is 6.32. The van der Waals surface area contributed by atoms with Crippen LogP contribution in [0.1, 0.15) is 37.5 Å².